The first-order valence-electron chi connectivity index (χ1n) is 5.58. The molecule has 1 heterocycles. The maximum Gasteiger partial charge on any atom is 0.360 e. The van der Waals surface area contributed by atoms with Crippen molar-refractivity contribution in [2.45, 2.75) is 25.8 Å². The second-order valence-corrected chi connectivity index (χ2v) is 3.69. The number of aromatic nitrogens is 3. The molecule has 0 radical (unpaired) electrons. The van der Waals surface area contributed by atoms with Crippen LogP contribution in [0.4, 0.5) is 0 Å². The number of methoxy groups -OCH3 is 1. The van der Waals surface area contributed by atoms with Gasteiger partial charge in [-0.15, -0.1) is 5.10 Å². The van der Waals surface area contributed by atoms with Crippen LogP contribution in [0.25, 0.3) is 0 Å². The molecule has 8 nitrogen and oxygen atoms in total. The minimum Gasteiger partial charge on any atom is -0.464 e. The van der Waals surface area contributed by atoms with E-state index in [-0.39, 0.29) is 5.69 Å². The number of amides is 1. The summed E-state index contributed by atoms with van der Waals surface area (Å²) in [5, 5.41) is 7.54. The van der Waals surface area contributed by atoms with Crippen molar-refractivity contribution in [1.82, 2.24) is 15.0 Å². The van der Waals surface area contributed by atoms with Crippen LogP contribution in [0.3, 0.4) is 0 Å². The van der Waals surface area contributed by atoms with Crippen LogP contribution >= 0.6 is 0 Å². The summed E-state index contributed by atoms with van der Waals surface area (Å²) in [5.74, 6) is -1.14. The van der Waals surface area contributed by atoms with Gasteiger partial charge in [-0.05, 0) is 13.0 Å². The fraction of sp³-hybridized carbons (Fsp3) is 0.600. The number of rotatable bonds is 6. The van der Waals surface area contributed by atoms with E-state index in [1.54, 1.807) is 6.92 Å². The average molecular weight is 255 g/mol. The maximum atomic E-state index is 11.5. The summed E-state index contributed by atoms with van der Waals surface area (Å²) >= 11 is 0. The third kappa shape index (κ3) is 2.65. The van der Waals surface area contributed by atoms with E-state index in [9.17, 15) is 9.59 Å². The molecule has 1 rings (SSSR count). The molecule has 0 saturated carbocycles. The Morgan fingerprint density at radius 1 is 1.50 bits per heavy atom. The van der Waals surface area contributed by atoms with E-state index >= 15 is 0 Å². The molecule has 0 aliphatic heterocycles. The minimum atomic E-state index is -0.641. The van der Waals surface area contributed by atoms with Crippen LogP contribution in [0.15, 0.2) is 0 Å². The van der Waals surface area contributed by atoms with E-state index in [1.807, 2.05) is 0 Å². The summed E-state index contributed by atoms with van der Waals surface area (Å²) < 4.78 is 5.95. The Morgan fingerprint density at radius 3 is 2.61 bits per heavy atom. The first-order valence-corrected chi connectivity index (χ1v) is 5.58. The number of primary amides is 1. The van der Waals surface area contributed by atoms with Gasteiger partial charge in [-0.2, -0.15) is 0 Å². The SMILES string of the molecule is CCC(C(N)=O)n1nnc(C(=O)OC)c1CCN. The number of carbonyl (C=O) groups excluding carboxylic acids is 2. The van der Waals surface area contributed by atoms with Crippen molar-refractivity contribution < 1.29 is 14.3 Å². The van der Waals surface area contributed by atoms with E-state index in [2.05, 4.69) is 15.0 Å². The molecule has 0 saturated heterocycles. The van der Waals surface area contributed by atoms with E-state index in [0.29, 0.717) is 25.1 Å². The van der Waals surface area contributed by atoms with Crippen LogP contribution in [-0.4, -0.2) is 40.5 Å². The lowest BCUT2D eigenvalue weighted by atomic mass is 10.1. The lowest BCUT2D eigenvalue weighted by Gasteiger charge is -2.14. The van der Waals surface area contributed by atoms with Crippen molar-refractivity contribution in [2.24, 2.45) is 11.5 Å². The fourth-order valence-electron chi connectivity index (χ4n) is 1.68. The molecule has 1 aromatic heterocycles. The van der Waals surface area contributed by atoms with Crippen LogP contribution in [0, 0.1) is 0 Å². The molecular weight excluding hydrogens is 238 g/mol. The van der Waals surface area contributed by atoms with Gasteiger partial charge in [0, 0.05) is 6.42 Å². The van der Waals surface area contributed by atoms with Crippen molar-refractivity contribution in [2.75, 3.05) is 13.7 Å². The lowest BCUT2D eigenvalue weighted by molar-refractivity contribution is -0.121. The molecule has 1 amide bonds. The Hall–Kier alpha value is -1.96. The summed E-state index contributed by atoms with van der Waals surface area (Å²) in [5.41, 5.74) is 11.3. The highest BCUT2D eigenvalue weighted by molar-refractivity contribution is 5.88. The zero-order valence-electron chi connectivity index (χ0n) is 10.4. The smallest absolute Gasteiger partial charge is 0.360 e. The van der Waals surface area contributed by atoms with Gasteiger partial charge in [-0.3, -0.25) is 4.79 Å². The third-order valence-electron chi connectivity index (χ3n) is 2.56. The van der Waals surface area contributed by atoms with E-state index < -0.39 is 17.9 Å². The molecule has 1 atom stereocenters. The van der Waals surface area contributed by atoms with Gasteiger partial charge in [0.15, 0.2) is 5.69 Å². The van der Waals surface area contributed by atoms with Crippen molar-refractivity contribution in [1.29, 1.82) is 0 Å². The first kappa shape index (κ1) is 14.1. The molecule has 0 spiro atoms. The molecular formula is C10H17N5O3. The number of carbonyl (C=O) groups is 2. The van der Waals surface area contributed by atoms with Crippen molar-refractivity contribution in [3.63, 3.8) is 0 Å². The summed E-state index contributed by atoms with van der Waals surface area (Å²) in [7, 11) is 1.25. The van der Waals surface area contributed by atoms with Gasteiger partial charge in [-0.1, -0.05) is 12.1 Å². The average Bonchev–Trinajstić information content (AvgIpc) is 2.73. The zero-order valence-corrected chi connectivity index (χ0v) is 10.4. The third-order valence-corrected chi connectivity index (χ3v) is 2.56. The van der Waals surface area contributed by atoms with Crippen LogP contribution < -0.4 is 11.5 Å². The molecule has 1 aromatic rings. The maximum absolute atomic E-state index is 11.5. The van der Waals surface area contributed by atoms with Crippen LogP contribution in [0.1, 0.15) is 35.6 Å². The molecule has 1 unspecified atom stereocenters. The Balaban J connectivity index is 3.23. The highest BCUT2D eigenvalue weighted by atomic mass is 16.5. The minimum absolute atomic E-state index is 0.0719. The Labute approximate surface area is 104 Å². The number of hydrogen-bond acceptors (Lipinski definition) is 6. The van der Waals surface area contributed by atoms with Gasteiger partial charge in [0.05, 0.1) is 12.8 Å². The Morgan fingerprint density at radius 2 is 2.17 bits per heavy atom. The number of esters is 1. The predicted molar refractivity (Wildman–Crippen MR) is 62.6 cm³/mol. The molecule has 4 N–H and O–H groups in total. The van der Waals surface area contributed by atoms with Gasteiger partial charge in [-0.25, -0.2) is 9.48 Å². The molecule has 0 aromatic carbocycles. The molecule has 0 aliphatic carbocycles. The topological polar surface area (TPSA) is 126 Å². The van der Waals surface area contributed by atoms with Crippen LogP contribution in [0.2, 0.25) is 0 Å². The predicted octanol–water partition coefficient (Wildman–Crippen LogP) is -0.998. The van der Waals surface area contributed by atoms with E-state index in [0.717, 1.165) is 0 Å². The molecule has 8 heteroatoms. The Kier molecular flexibility index (Phi) is 4.78. The standard InChI is InChI=1S/C10H17N5O3/c1-3-6(9(12)16)15-7(4-5-11)8(13-14-15)10(17)18-2/h6H,3-5,11H2,1-2H3,(H2,12,16). The van der Waals surface area contributed by atoms with Gasteiger partial charge in [0.2, 0.25) is 5.91 Å². The van der Waals surface area contributed by atoms with Crippen LogP contribution in [-0.2, 0) is 16.0 Å². The number of nitrogens with two attached hydrogens (primary N) is 2. The second kappa shape index (κ2) is 6.10. The summed E-state index contributed by atoms with van der Waals surface area (Å²) in [6, 6.07) is -0.641. The van der Waals surface area contributed by atoms with Crippen molar-refractivity contribution in [3.05, 3.63) is 11.4 Å². The van der Waals surface area contributed by atoms with Gasteiger partial charge >= 0.3 is 5.97 Å². The van der Waals surface area contributed by atoms with Crippen molar-refractivity contribution >= 4 is 11.9 Å². The number of nitrogens with zero attached hydrogens (tertiary/aromatic N) is 3. The van der Waals surface area contributed by atoms with Gasteiger partial charge in [0.25, 0.3) is 0 Å². The summed E-state index contributed by atoms with van der Waals surface area (Å²) in [6.07, 6.45) is 0.818. The van der Waals surface area contributed by atoms with Crippen LogP contribution in [0.5, 0.6) is 0 Å². The molecule has 0 fully saturated rings. The largest absolute Gasteiger partial charge is 0.464 e. The molecule has 100 valence electrons. The van der Waals surface area contributed by atoms with Crippen molar-refractivity contribution in [3.8, 4) is 0 Å². The highest BCUT2D eigenvalue weighted by Crippen LogP contribution is 2.16. The number of hydrogen-bond donors (Lipinski definition) is 2. The highest BCUT2D eigenvalue weighted by Gasteiger charge is 2.25. The normalized spacial score (nSPS) is 12.2. The fourth-order valence-corrected chi connectivity index (χ4v) is 1.68. The summed E-state index contributed by atoms with van der Waals surface area (Å²) in [6.45, 7) is 2.09. The first-order chi connectivity index (χ1) is 8.56. The number of ether oxygens (including phenoxy) is 1. The lowest BCUT2D eigenvalue weighted by Crippen LogP contribution is -2.29. The summed E-state index contributed by atoms with van der Waals surface area (Å²) in [4.78, 5) is 22.8. The zero-order chi connectivity index (χ0) is 13.7. The molecule has 0 bridgehead atoms. The van der Waals surface area contributed by atoms with E-state index in [4.69, 9.17) is 11.5 Å². The van der Waals surface area contributed by atoms with E-state index in [1.165, 1.54) is 11.8 Å². The Bertz CT molecular complexity index is 443. The second-order valence-electron chi connectivity index (χ2n) is 3.69. The quantitative estimate of drug-likeness (QED) is 0.628. The molecule has 18 heavy (non-hydrogen) atoms. The van der Waals surface area contributed by atoms with Gasteiger partial charge < -0.3 is 16.2 Å². The molecule has 0 aliphatic rings. The van der Waals surface area contributed by atoms with Gasteiger partial charge in [0.1, 0.15) is 6.04 Å². The monoisotopic (exact) mass is 255 g/mol.